The zero-order valence-electron chi connectivity index (χ0n) is 15.7. The van der Waals surface area contributed by atoms with E-state index in [0.29, 0.717) is 18.7 Å². The van der Waals surface area contributed by atoms with Gasteiger partial charge in [0.05, 0.1) is 12.5 Å². The number of ether oxygens (including phenoxy) is 1. The quantitative estimate of drug-likeness (QED) is 0.905. The molecule has 0 saturated carbocycles. The van der Waals surface area contributed by atoms with Crippen LogP contribution in [0.15, 0.2) is 0 Å². The van der Waals surface area contributed by atoms with Crippen LogP contribution >= 0.6 is 0 Å². The third kappa shape index (κ3) is 3.20. The Bertz CT molecular complexity index is 799. The van der Waals surface area contributed by atoms with E-state index in [4.69, 9.17) is 9.72 Å². The molecule has 0 spiro atoms. The van der Waals surface area contributed by atoms with Crippen molar-refractivity contribution in [1.82, 2.24) is 25.0 Å². The molecule has 1 aliphatic rings. The van der Waals surface area contributed by atoms with Crippen molar-refractivity contribution in [2.45, 2.75) is 39.7 Å². The second-order valence-corrected chi connectivity index (χ2v) is 6.77. The second kappa shape index (κ2) is 7.00. The van der Waals surface area contributed by atoms with Crippen molar-refractivity contribution < 1.29 is 9.53 Å². The average Bonchev–Trinajstić information content (AvgIpc) is 2.91. The SMILES string of the molecule is COc1nn(C)c2nc(C)c(CCC(=O)N3CCNCC3C)c(C)c12. The summed E-state index contributed by atoms with van der Waals surface area (Å²) in [6.07, 6.45) is 1.19. The molecule has 0 aliphatic carbocycles. The highest BCUT2D eigenvalue weighted by molar-refractivity contribution is 5.86. The molecule has 7 heteroatoms. The van der Waals surface area contributed by atoms with Crippen LogP contribution in [-0.4, -0.2) is 58.4 Å². The van der Waals surface area contributed by atoms with Crippen molar-refractivity contribution in [3.63, 3.8) is 0 Å². The van der Waals surface area contributed by atoms with Crippen molar-refractivity contribution in [3.05, 3.63) is 16.8 Å². The Hall–Kier alpha value is -2.15. The molecule has 0 radical (unpaired) electrons. The Balaban J connectivity index is 1.85. The van der Waals surface area contributed by atoms with Gasteiger partial charge >= 0.3 is 0 Å². The highest BCUT2D eigenvalue weighted by Gasteiger charge is 2.24. The molecule has 2 aromatic rings. The Kier molecular flexibility index (Phi) is 4.94. The highest BCUT2D eigenvalue weighted by Crippen LogP contribution is 2.30. The molecule has 1 atom stereocenters. The molecular weight excluding hydrogens is 318 g/mol. The van der Waals surface area contributed by atoms with Crippen LogP contribution in [0.2, 0.25) is 0 Å². The van der Waals surface area contributed by atoms with Crippen molar-refractivity contribution in [2.75, 3.05) is 26.7 Å². The number of amides is 1. The minimum Gasteiger partial charge on any atom is -0.479 e. The molecule has 1 saturated heterocycles. The number of aryl methyl sites for hydroxylation is 3. The molecule has 2 aromatic heterocycles. The number of piperazine rings is 1. The number of fused-ring (bicyclic) bond motifs is 1. The van der Waals surface area contributed by atoms with Gasteiger partial charge in [-0.15, -0.1) is 5.10 Å². The summed E-state index contributed by atoms with van der Waals surface area (Å²) in [7, 11) is 3.49. The predicted molar refractivity (Wildman–Crippen MR) is 96.9 cm³/mol. The Morgan fingerprint density at radius 2 is 2.16 bits per heavy atom. The summed E-state index contributed by atoms with van der Waals surface area (Å²) in [6.45, 7) is 8.67. The summed E-state index contributed by atoms with van der Waals surface area (Å²) >= 11 is 0. The fraction of sp³-hybridized carbons (Fsp3) is 0.611. The van der Waals surface area contributed by atoms with Crippen LogP contribution in [0.1, 0.15) is 30.2 Å². The van der Waals surface area contributed by atoms with Crippen molar-refractivity contribution in [3.8, 4) is 5.88 Å². The van der Waals surface area contributed by atoms with Gasteiger partial charge in [-0.3, -0.25) is 4.79 Å². The van der Waals surface area contributed by atoms with Gasteiger partial charge in [-0.1, -0.05) is 0 Å². The van der Waals surface area contributed by atoms with Gasteiger partial charge in [0.15, 0.2) is 5.65 Å². The number of carbonyl (C=O) groups excluding carboxylic acids is 1. The number of methoxy groups -OCH3 is 1. The second-order valence-electron chi connectivity index (χ2n) is 6.77. The van der Waals surface area contributed by atoms with E-state index in [1.165, 1.54) is 0 Å². The molecule has 7 nitrogen and oxygen atoms in total. The number of aromatic nitrogens is 3. The minimum absolute atomic E-state index is 0.214. The third-order valence-electron chi connectivity index (χ3n) is 5.13. The normalized spacial score (nSPS) is 18.0. The molecular formula is C18H27N5O2. The number of carbonyl (C=O) groups is 1. The minimum atomic E-state index is 0.214. The average molecular weight is 345 g/mol. The topological polar surface area (TPSA) is 72.3 Å². The zero-order chi connectivity index (χ0) is 18.1. The van der Waals surface area contributed by atoms with Crippen LogP contribution in [0.25, 0.3) is 11.0 Å². The van der Waals surface area contributed by atoms with Crippen LogP contribution in [0, 0.1) is 13.8 Å². The molecule has 0 bridgehead atoms. The molecule has 1 amide bonds. The smallest absolute Gasteiger partial charge is 0.242 e. The van der Waals surface area contributed by atoms with E-state index in [2.05, 4.69) is 24.3 Å². The van der Waals surface area contributed by atoms with Crippen molar-refractivity contribution in [1.29, 1.82) is 0 Å². The van der Waals surface area contributed by atoms with Gasteiger partial charge in [0.2, 0.25) is 11.8 Å². The first-order valence-electron chi connectivity index (χ1n) is 8.81. The molecule has 3 heterocycles. The van der Waals surface area contributed by atoms with E-state index in [0.717, 1.165) is 47.5 Å². The zero-order valence-corrected chi connectivity index (χ0v) is 15.7. The van der Waals surface area contributed by atoms with Gasteiger partial charge in [-0.25, -0.2) is 9.67 Å². The number of nitrogens with one attached hydrogen (secondary N) is 1. The lowest BCUT2D eigenvalue weighted by molar-refractivity contribution is -0.133. The molecule has 136 valence electrons. The number of hydrogen-bond acceptors (Lipinski definition) is 5. The summed E-state index contributed by atoms with van der Waals surface area (Å²) in [6, 6.07) is 0.252. The van der Waals surface area contributed by atoms with E-state index >= 15 is 0 Å². The first kappa shape index (κ1) is 17.7. The maximum atomic E-state index is 12.6. The fourth-order valence-corrected chi connectivity index (χ4v) is 3.69. The molecule has 1 N–H and O–H groups in total. The van der Waals surface area contributed by atoms with Gasteiger partial charge in [-0.2, -0.15) is 0 Å². The molecule has 25 heavy (non-hydrogen) atoms. The van der Waals surface area contributed by atoms with E-state index in [-0.39, 0.29) is 11.9 Å². The molecule has 3 rings (SSSR count). The van der Waals surface area contributed by atoms with Gasteiger partial charge in [-0.05, 0) is 38.3 Å². The van der Waals surface area contributed by atoms with Crippen LogP contribution in [0.5, 0.6) is 5.88 Å². The number of rotatable bonds is 4. The predicted octanol–water partition coefficient (Wildman–Crippen LogP) is 1.35. The standard InChI is InChI=1S/C18H27N5O2/c1-11-10-19-8-9-23(11)15(24)7-6-14-12(2)16-17(20-13(14)3)22(4)21-18(16)25-5/h11,19H,6-10H2,1-5H3. The maximum absolute atomic E-state index is 12.6. The van der Waals surface area contributed by atoms with Gasteiger partial charge < -0.3 is 15.0 Å². The van der Waals surface area contributed by atoms with Crippen LogP contribution < -0.4 is 10.1 Å². The first-order chi connectivity index (χ1) is 11.9. The van der Waals surface area contributed by atoms with Crippen LogP contribution in [0.4, 0.5) is 0 Å². The number of nitrogens with zero attached hydrogens (tertiary/aromatic N) is 4. The summed E-state index contributed by atoms with van der Waals surface area (Å²) < 4.78 is 7.15. The maximum Gasteiger partial charge on any atom is 0.242 e. The Morgan fingerprint density at radius 3 is 2.84 bits per heavy atom. The Labute approximate surface area is 148 Å². The molecule has 0 aromatic carbocycles. The lowest BCUT2D eigenvalue weighted by Gasteiger charge is -2.34. The molecule has 1 aliphatic heterocycles. The molecule has 1 unspecified atom stereocenters. The summed E-state index contributed by atoms with van der Waals surface area (Å²) in [5.74, 6) is 0.803. The van der Waals surface area contributed by atoms with E-state index in [9.17, 15) is 4.79 Å². The molecule has 1 fully saturated rings. The van der Waals surface area contributed by atoms with E-state index in [1.54, 1.807) is 11.8 Å². The summed E-state index contributed by atoms with van der Waals surface area (Å²) in [5, 5.41) is 8.64. The van der Waals surface area contributed by atoms with Crippen LogP contribution in [0.3, 0.4) is 0 Å². The monoisotopic (exact) mass is 345 g/mol. The van der Waals surface area contributed by atoms with E-state index < -0.39 is 0 Å². The lowest BCUT2D eigenvalue weighted by atomic mass is 9.99. The van der Waals surface area contributed by atoms with Crippen molar-refractivity contribution >= 4 is 16.9 Å². The number of hydrogen-bond donors (Lipinski definition) is 1. The van der Waals surface area contributed by atoms with Crippen LogP contribution in [-0.2, 0) is 18.3 Å². The van der Waals surface area contributed by atoms with Gasteiger partial charge in [0.1, 0.15) is 0 Å². The fourth-order valence-electron chi connectivity index (χ4n) is 3.69. The highest BCUT2D eigenvalue weighted by atomic mass is 16.5. The van der Waals surface area contributed by atoms with Gasteiger partial charge in [0.25, 0.3) is 0 Å². The largest absolute Gasteiger partial charge is 0.479 e. The van der Waals surface area contributed by atoms with Crippen molar-refractivity contribution in [2.24, 2.45) is 7.05 Å². The van der Waals surface area contributed by atoms with Gasteiger partial charge in [0, 0.05) is 44.8 Å². The third-order valence-corrected chi connectivity index (χ3v) is 5.13. The Morgan fingerprint density at radius 1 is 1.40 bits per heavy atom. The summed E-state index contributed by atoms with van der Waals surface area (Å²) in [5.41, 5.74) is 4.00. The first-order valence-corrected chi connectivity index (χ1v) is 8.81. The summed E-state index contributed by atoms with van der Waals surface area (Å²) in [4.78, 5) is 19.3. The lowest BCUT2D eigenvalue weighted by Crippen LogP contribution is -2.52. The number of pyridine rings is 1. The van der Waals surface area contributed by atoms with E-state index in [1.807, 2.05) is 18.9 Å².